The van der Waals surface area contributed by atoms with Crippen molar-refractivity contribution in [1.82, 2.24) is 0 Å². The molecule has 0 saturated carbocycles. The molecule has 58 valence electrons. The standard InChI is InChI=1S/C2H6OS.2Na.H2O3S2/c1-2(3)4;;;1-5(2,3)4/h2-4H,1H3;;;(H2,1,2,3,4)/q;2*+1;/p-2. The van der Waals surface area contributed by atoms with Gasteiger partial charge in [0.2, 0.25) is 0 Å². The van der Waals surface area contributed by atoms with Crippen LogP contribution < -0.4 is 59.1 Å². The third-order valence-electron chi connectivity index (χ3n) is 0. The van der Waals surface area contributed by atoms with Gasteiger partial charge in [-0.2, -0.15) is 0 Å². The maximum atomic E-state index is 8.89. The van der Waals surface area contributed by atoms with E-state index < -0.39 is 14.5 Å². The van der Waals surface area contributed by atoms with E-state index in [0.717, 1.165) is 0 Å². The molecule has 0 aromatic carbocycles. The van der Waals surface area contributed by atoms with Crippen LogP contribution >= 0.6 is 12.6 Å². The molecule has 0 fully saturated rings. The van der Waals surface area contributed by atoms with E-state index in [2.05, 4.69) is 23.8 Å². The van der Waals surface area contributed by atoms with Crippen LogP contribution in [0.15, 0.2) is 0 Å². The molecule has 0 aliphatic heterocycles. The summed E-state index contributed by atoms with van der Waals surface area (Å²) >= 11 is 6.76. The molecule has 0 aromatic rings. The molecule has 9 heteroatoms. The van der Waals surface area contributed by atoms with Gasteiger partial charge in [0.25, 0.3) is 0 Å². The molecule has 0 aliphatic carbocycles. The number of hydrogen-bond donors (Lipinski definition) is 2. The van der Waals surface area contributed by atoms with Crippen molar-refractivity contribution in [3.05, 3.63) is 0 Å². The van der Waals surface area contributed by atoms with Crippen molar-refractivity contribution in [3.63, 3.8) is 0 Å². The Morgan fingerprint density at radius 1 is 1.55 bits per heavy atom. The fraction of sp³-hybridized carbons (Fsp3) is 1.00. The first kappa shape index (κ1) is 23.4. The minimum absolute atomic E-state index is 0. The normalized spacial score (nSPS) is 11.0. The maximum absolute atomic E-state index is 8.89. The SMILES string of the molecule is CC(O)S.O=S([O-])([O-])=S.[Na+].[Na+]. The quantitative estimate of drug-likeness (QED) is 0.248. The zero-order valence-electron chi connectivity index (χ0n) is 6.51. The third kappa shape index (κ3) is 209. The van der Waals surface area contributed by atoms with Gasteiger partial charge in [0.15, 0.2) is 0 Å². The summed E-state index contributed by atoms with van der Waals surface area (Å²) in [5, 5.41) is 7.92. The summed E-state index contributed by atoms with van der Waals surface area (Å²) in [5.74, 6) is 0. The fourth-order valence-electron chi connectivity index (χ4n) is 0. The van der Waals surface area contributed by atoms with E-state index in [1.165, 1.54) is 0 Å². The first-order valence-electron chi connectivity index (χ1n) is 1.76. The molecule has 0 saturated heterocycles. The van der Waals surface area contributed by atoms with Crippen LogP contribution in [0.5, 0.6) is 0 Å². The van der Waals surface area contributed by atoms with Gasteiger partial charge in [-0.05, 0) is 18.1 Å². The Bertz CT molecular complexity index is 133. The van der Waals surface area contributed by atoms with Gasteiger partial charge in [0.1, 0.15) is 0 Å². The molecular formula is C2H6Na2O4S3. The van der Waals surface area contributed by atoms with E-state index >= 15 is 0 Å². The largest absolute Gasteiger partial charge is 1.00 e. The van der Waals surface area contributed by atoms with Gasteiger partial charge < -0.3 is 14.2 Å². The van der Waals surface area contributed by atoms with Crippen molar-refractivity contribution in [1.29, 1.82) is 0 Å². The molecule has 0 amide bonds. The van der Waals surface area contributed by atoms with Crippen molar-refractivity contribution in [2.45, 2.75) is 12.4 Å². The number of aliphatic hydroxyl groups is 1. The van der Waals surface area contributed by atoms with Gasteiger partial charge in [0.05, 0.1) is 5.44 Å². The second kappa shape index (κ2) is 12.6. The molecule has 1 N–H and O–H groups in total. The molecule has 0 aliphatic rings. The van der Waals surface area contributed by atoms with Gasteiger partial charge in [-0.25, -0.2) is 0 Å². The van der Waals surface area contributed by atoms with E-state index in [4.69, 9.17) is 18.4 Å². The second-order valence-electron chi connectivity index (χ2n) is 1.04. The zero-order chi connectivity index (χ0) is 8.08. The average Bonchev–Trinajstić information content (AvgIpc) is 1.19. The molecule has 0 aromatic heterocycles. The smallest absolute Gasteiger partial charge is 0.780 e. The molecule has 0 heterocycles. The van der Waals surface area contributed by atoms with Gasteiger partial charge in [-0.1, -0.05) is 0 Å². The van der Waals surface area contributed by atoms with E-state index in [-0.39, 0.29) is 59.1 Å². The van der Waals surface area contributed by atoms with Crippen LogP contribution in [-0.2, 0) is 20.2 Å². The second-order valence-corrected chi connectivity index (χ2v) is 3.83. The maximum Gasteiger partial charge on any atom is 1.00 e. The molecule has 0 radical (unpaired) electrons. The predicted octanol–water partition coefficient (Wildman–Crippen LogP) is -6.74. The van der Waals surface area contributed by atoms with Gasteiger partial charge >= 0.3 is 59.1 Å². The van der Waals surface area contributed by atoms with Gasteiger partial charge in [-0.15, -0.1) is 21.7 Å². The Morgan fingerprint density at radius 3 is 1.55 bits per heavy atom. The summed E-state index contributed by atoms with van der Waals surface area (Å²) in [7, 11) is -4.33. The van der Waals surface area contributed by atoms with E-state index in [0.29, 0.717) is 0 Å². The van der Waals surface area contributed by atoms with Crippen LogP contribution in [0.2, 0.25) is 0 Å². The molecule has 11 heavy (non-hydrogen) atoms. The molecular weight excluding hydrogens is 230 g/mol. The Labute approximate surface area is 121 Å². The van der Waals surface area contributed by atoms with Gasteiger partial charge in [0, 0.05) is 0 Å². The fourth-order valence-corrected chi connectivity index (χ4v) is 0. The molecule has 1 unspecified atom stereocenters. The molecule has 0 rings (SSSR count). The summed E-state index contributed by atoms with van der Waals surface area (Å²) in [5.41, 5.74) is -0.472. The van der Waals surface area contributed by atoms with Gasteiger partial charge in [-0.3, -0.25) is 4.21 Å². The summed E-state index contributed by atoms with van der Waals surface area (Å²) in [6.07, 6.45) is 0. The zero-order valence-corrected chi connectivity index (χ0v) is 13.0. The van der Waals surface area contributed by atoms with Crippen molar-refractivity contribution in [2.75, 3.05) is 0 Å². The topological polar surface area (TPSA) is 83.4 Å². The number of hydrogen-bond acceptors (Lipinski definition) is 6. The summed E-state index contributed by atoms with van der Waals surface area (Å²) in [4.78, 5) is 0. The first-order valence-corrected chi connectivity index (χ1v) is 4.61. The van der Waals surface area contributed by atoms with Crippen molar-refractivity contribution in [3.8, 4) is 0 Å². The van der Waals surface area contributed by atoms with Crippen LogP contribution in [0.25, 0.3) is 0 Å². The monoisotopic (exact) mass is 236 g/mol. The molecule has 4 nitrogen and oxygen atoms in total. The van der Waals surface area contributed by atoms with Crippen molar-refractivity contribution in [2.24, 2.45) is 0 Å². The minimum atomic E-state index is -4.33. The van der Waals surface area contributed by atoms with Crippen LogP contribution in [0.3, 0.4) is 0 Å². The van der Waals surface area contributed by atoms with Crippen molar-refractivity contribution < 1.29 is 77.5 Å². The van der Waals surface area contributed by atoms with Crippen LogP contribution in [0.1, 0.15) is 6.92 Å². The summed E-state index contributed by atoms with van der Waals surface area (Å²) in [6.45, 7) is 1.59. The number of thiol groups is 1. The number of rotatable bonds is 0. The Hall–Kier alpha value is 2.60. The average molecular weight is 236 g/mol. The Balaban J connectivity index is -0.0000000383. The Kier molecular flexibility index (Phi) is 26.8. The first-order chi connectivity index (χ1) is 3.73. The molecule has 0 bridgehead atoms. The van der Waals surface area contributed by atoms with Crippen molar-refractivity contribution >= 4 is 32.9 Å². The third-order valence-corrected chi connectivity index (χ3v) is 0. The summed E-state index contributed by atoms with van der Waals surface area (Å²) < 4.78 is 26.7. The molecule has 0 spiro atoms. The number of aliphatic hydroxyl groups excluding tert-OH is 1. The Morgan fingerprint density at radius 2 is 1.55 bits per heavy atom. The molecule has 1 atom stereocenters. The summed E-state index contributed by atoms with van der Waals surface area (Å²) in [6, 6.07) is 0. The van der Waals surface area contributed by atoms with E-state index in [1.54, 1.807) is 6.92 Å². The van der Waals surface area contributed by atoms with E-state index in [1.807, 2.05) is 0 Å². The van der Waals surface area contributed by atoms with E-state index in [9.17, 15) is 0 Å². The van der Waals surface area contributed by atoms with Crippen LogP contribution in [-0.4, -0.2) is 23.9 Å². The van der Waals surface area contributed by atoms with Crippen LogP contribution in [0.4, 0.5) is 0 Å². The minimum Gasteiger partial charge on any atom is -0.780 e. The predicted molar refractivity (Wildman–Crippen MR) is 37.7 cm³/mol. The van der Waals surface area contributed by atoms with Crippen LogP contribution in [0, 0.1) is 0 Å².